The molecule has 27 heavy (non-hydrogen) atoms. The van der Waals surface area contributed by atoms with E-state index >= 15 is 0 Å². The Kier molecular flexibility index (Phi) is 4.21. The average molecular weight is 373 g/mol. The lowest BCUT2D eigenvalue weighted by Crippen LogP contribution is -2.43. The first-order chi connectivity index (χ1) is 12.6. The third-order valence-corrected chi connectivity index (χ3v) is 8.26. The lowest BCUT2D eigenvalue weighted by molar-refractivity contribution is -0.136. The van der Waals surface area contributed by atoms with Gasteiger partial charge in [-0.1, -0.05) is 27.7 Å². The van der Waals surface area contributed by atoms with Crippen molar-refractivity contribution in [1.82, 2.24) is 9.80 Å². The number of furan rings is 1. The Morgan fingerprint density at radius 1 is 1.15 bits per heavy atom. The minimum atomic E-state index is 0.0295. The fraction of sp³-hybridized carbons (Fsp3) is 0.727. The van der Waals surface area contributed by atoms with Crippen LogP contribution in [0, 0.1) is 28.6 Å². The maximum atomic E-state index is 13.1. The Balaban J connectivity index is 1.39. The van der Waals surface area contributed by atoms with E-state index < -0.39 is 0 Å². The smallest absolute Gasteiger partial charge is 0.257 e. The zero-order valence-electron chi connectivity index (χ0n) is 17.2. The third-order valence-electron chi connectivity index (χ3n) is 8.26. The molecule has 2 heterocycles. The van der Waals surface area contributed by atoms with Gasteiger partial charge in [0.1, 0.15) is 6.26 Å². The van der Waals surface area contributed by atoms with Gasteiger partial charge >= 0.3 is 0 Å². The van der Waals surface area contributed by atoms with Crippen molar-refractivity contribution >= 4 is 11.8 Å². The number of carbonyl (C=O) groups is 2. The van der Waals surface area contributed by atoms with Gasteiger partial charge in [-0.3, -0.25) is 9.59 Å². The van der Waals surface area contributed by atoms with Gasteiger partial charge in [0.2, 0.25) is 5.91 Å². The number of likely N-dealkylation sites (tertiary alicyclic amines) is 1. The summed E-state index contributed by atoms with van der Waals surface area (Å²) in [5, 5.41) is 0. The number of hydrogen-bond donors (Lipinski definition) is 0. The van der Waals surface area contributed by atoms with Crippen LogP contribution in [0.3, 0.4) is 0 Å². The zero-order valence-corrected chi connectivity index (χ0v) is 17.2. The van der Waals surface area contributed by atoms with Crippen molar-refractivity contribution in [3.63, 3.8) is 0 Å². The van der Waals surface area contributed by atoms with E-state index in [9.17, 15) is 9.59 Å². The number of amides is 2. The Labute approximate surface area is 162 Å². The molecule has 3 atom stereocenters. The van der Waals surface area contributed by atoms with Gasteiger partial charge in [0.05, 0.1) is 11.8 Å². The molecule has 2 aliphatic carbocycles. The van der Waals surface area contributed by atoms with Crippen molar-refractivity contribution in [2.75, 3.05) is 20.1 Å². The van der Waals surface area contributed by atoms with E-state index in [2.05, 4.69) is 32.6 Å². The van der Waals surface area contributed by atoms with Crippen molar-refractivity contribution in [2.24, 2.45) is 28.6 Å². The lowest BCUT2D eigenvalue weighted by atomic mass is 9.88. The zero-order chi connectivity index (χ0) is 19.6. The maximum absolute atomic E-state index is 13.1. The molecule has 0 unspecified atom stereocenters. The van der Waals surface area contributed by atoms with Crippen LogP contribution in [0.4, 0.5) is 0 Å². The topological polar surface area (TPSA) is 53.8 Å². The highest BCUT2D eigenvalue weighted by Gasteiger charge is 2.69. The van der Waals surface area contributed by atoms with E-state index in [4.69, 9.17) is 4.42 Å². The fourth-order valence-electron chi connectivity index (χ4n) is 5.72. The summed E-state index contributed by atoms with van der Waals surface area (Å²) in [5.74, 6) is 1.65. The first kappa shape index (κ1) is 18.6. The van der Waals surface area contributed by atoms with Crippen LogP contribution in [0.2, 0.25) is 0 Å². The Morgan fingerprint density at radius 3 is 2.41 bits per heavy atom. The van der Waals surface area contributed by atoms with E-state index in [1.165, 1.54) is 6.26 Å². The average Bonchev–Trinajstić information content (AvgIpc) is 3.14. The molecule has 4 rings (SSSR count). The van der Waals surface area contributed by atoms with Crippen LogP contribution in [0.25, 0.3) is 0 Å². The van der Waals surface area contributed by atoms with Crippen LogP contribution in [0.15, 0.2) is 23.0 Å². The van der Waals surface area contributed by atoms with Crippen molar-refractivity contribution in [3.05, 3.63) is 24.2 Å². The Bertz CT molecular complexity index is 723. The maximum Gasteiger partial charge on any atom is 0.257 e. The standard InChI is InChI=1S/C22H32N2O3/c1-21(2)18(22(21,3)4)20(26)24-8-6-14-10-17(11-16(14)12-24)23(5)19(25)15-7-9-27-13-15/h7,9,13-14,16-18H,6,8,10-12H2,1-5H3/t14-,16-,17+/m1/s1. The van der Waals surface area contributed by atoms with Crippen molar-refractivity contribution in [1.29, 1.82) is 0 Å². The molecule has 3 fully saturated rings. The molecule has 5 nitrogen and oxygen atoms in total. The van der Waals surface area contributed by atoms with E-state index in [0.717, 1.165) is 32.4 Å². The first-order valence-corrected chi connectivity index (χ1v) is 10.2. The lowest BCUT2D eigenvalue weighted by Gasteiger charge is -2.35. The SMILES string of the molecule is CN(C(=O)c1ccoc1)[C@H]1C[C@H]2CCN(C(=O)C3C(C)(C)C3(C)C)C[C@H]2C1. The monoisotopic (exact) mass is 372 g/mol. The molecule has 0 aromatic carbocycles. The number of rotatable bonds is 3. The normalized spacial score (nSPS) is 31.4. The van der Waals surface area contributed by atoms with Gasteiger partial charge in [0, 0.05) is 32.1 Å². The summed E-state index contributed by atoms with van der Waals surface area (Å²) in [7, 11) is 1.90. The first-order valence-electron chi connectivity index (χ1n) is 10.2. The molecule has 1 aliphatic heterocycles. The molecule has 2 saturated carbocycles. The van der Waals surface area contributed by atoms with E-state index in [1.807, 2.05) is 11.9 Å². The van der Waals surface area contributed by atoms with Gasteiger partial charge in [-0.15, -0.1) is 0 Å². The van der Waals surface area contributed by atoms with Crippen molar-refractivity contribution in [3.8, 4) is 0 Å². The van der Waals surface area contributed by atoms with E-state index in [-0.39, 0.29) is 28.7 Å². The quantitative estimate of drug-likeness (QED) is 0.814. The minimum Gasteiger partial charge on any atom is -0.472 e. The summed E-state index contributed by atoms with van der Waals surface area (Å²) >= 11 is 0. The predicted molar refractivity (Wildman–Crippen MR) is 103 cm³/mol. The van der Waals surface area contributed by atoms with E-state index in [0.29, 0.717) is 23.3 Å². The molecule has 1 aromatic rings. The number of fused-ring (bicyclic) bond motifs is 1. The molecule has 0 spiro atoms. The number of piperidine rings is 1. The number of nitrogens with zero attached hydrogens (tertiary/aromatic N) is 2. The highest BCUT2D eigenvalue weighted by atomic mass is 16.3. The summed E-state index contributed by atoms with van der Waals surface area (Å²) < 4.78 is 5.05. The highest BCUT2D eigenvalue weighted by molar-refractivity contribution is 5.93. The molecule has 148 valence electrons. The number of carbonyl (C=O) groups excluding carboxylic acids is 2. The minimum absolute atomic E-state index is 0.0295. The molecule has 5 heteroatoms. The van der Waals surface area contributed by atoms with Gasteiger partial charge in [0.15, 0.2) is 0 Å². The van der Waals surface area contributed by atoms with Gasteiger partial charge in [0.25, 0.3) is 5.91 Å². The molecule has 0 radical (unpaired) electrons. The van der Waals surface area contributed by atoms with Gasteiger partial charge in [-0.2, -0.15) is 0 Å². The molecular weight excluding hydrogens is 340 g/mol. The summed E-state index contributed by atoms with van der Waals surface area (Å²) in [6.45, 7) is 10.6. The molecule has 3 aliphatic rings. The predicted octanol–water partition coefficient (Wildman–Crippen LogP) is 3.66. The van der Waals surface area contributed by atoms with Crippen molar-refractivity contribution in [2.45, 2.75) is 53.0 Å². The molecular formula is C22H32N2O3. The van der Waals surface area contributed by atoms with Crippen LogP contribution in [0.5, 0.6) is 0 Å². The molecule has 2 amide bonds. The van der Waals surface area contributed by atoms with Crippen LogP contribution >= 0.6 is 0 Å². The van der Waals surface area contributed by atoms with Crippen LogP contribution in [0.1, 0.15) is 57.3 Å². The summed E-state index contributed by atoms with van der Waals surface area (Å²) in [6.07, 6.45) is 6.16. The second kappa shape index (κ2) is 6.11. The summed E-state index contributed by atoms with van der Waals surface area (Å²) in [6, 6.07) is 1.98. The molecule has 1 aromatic heterocycles. The van der Waals surface area contributed by atoms with Crippen molar-refractivity contribution < 1.29 is 14.0 Å². The Hall–Kier alpha value is -1.78. The second-order valence-electron chi connectivity index (χ2n) is 10.0. The largest absolute Gasteiger partial charge is 0.472 e. The number of hydrogen-bond acceptors (Lipinski definition) is 3. The van der Waals surface area contributed by atoms with Gasteiger partial charge in [-0.25, -0.2) is 0 Å². The fourth-order valence-corrected chi connectivity index (χ4v) is 5.72. The summed E-state index contributed by atoms with van der Waals surface area (Å²) in [4.78, 5) is 29.7. The van der Waals surface area contributed by atoms with Gasteiger partial charge in [-0.05, 0) is 48.0 Å². The second-order valence-corrected chi connectivity index (χ2v) is 10.0. The van der Waals surface area contributed by atoms with Crippen LogP contribution in [-0.2, 0) is 4.79 Å². The molecule has 0 N–H and O–H groups in total. The Morgan fingerprint density at radius 2 is 1.81 bits per heavy atom. The van der Waals surface area contributed by atoms with Crippen LogP contribution in [-0.4, -0.2) is 47.8 Å². The molecule has 1 saturated heterocycles. The third kappa shape index (κ3) is 2.81. The molecule has 0 bridgehead atoms. The van der Waals surface area contributed by atoms with Crippen LogP contribution < -0.4 is 0 Å². The van der Waals surface area contributed by atoms with Gasteiger partial charge < -0.3 is 14.2 Å². The van der Waals surface area contributed by atoms with E-state index in [1.54, 1.807) is 12.3 Å². The summed E-state index contributed by atoms with van der Waals surface area (Å²) in [5.41, 5.74) is 0.801. The highest BCUT2D eigenvalue weighted by Crippen LogP contribution is 2.69.